The number of ketones is 2. The van der Waals surface area contributed by atoms with Gasteiger partial charge in [-0.15, -0.1) is 6.58 Å². The third-order valence-corrected chi connectivity index (χ3v) is 8.77. The summed E-state index contributed by atoms with van der Waals surface area (Å²) in [6, 6.07) is 16.7. The molecule has 0 spiro atoms. The predicted octanol–water partition coefficient (Wildman–Crippen LogP) is 6.90. The first kappa shape index (κ1) is 24.4. The van der Waals surface area contributed by atoms with E-state index in [-0.39, 0.29) is 11.2 Å². The number of carbonyl (C=O) groups excluding carboxylic acids is 3. The Bertz CT molecular complexity index is 1240. The van der Waals surface area contributed by atoms with E-state index in [1.807, 2.05) is 25.1 Å². The molecule has 0 saturated heterocycles. The van der Waals surface area contributed by atoms with Crippen molar-refractivity contribution in [3.05, 3.63) is 94.6 Å². The van der Waals surface area contributed by atoms with Crippen molar-refractivity contribution in [3.8, 4) is 0 Å². The van der Waals surface area contributed by atoms with Crippen molar-refractivity contribution in [2.45, 2.75) is 65.2 Å². The van der Waals surface area contributed by atoms with Gasteiger partial charge in [0.05, 0.1) is 0 Å². The number of hydrogen-bond acceptors (Lipinski definition) is 3. The van der Waals surface area contributed by atoms with Gasteiger partial charge in [-0.05, 0) is 65.5 Å². The Labute approximate surface area is 214 Å². The minimum absolute atomic E-state index is 0.187. The molecule has 2 aromatic carbocycles. The Morgan fingerprint density at radius 2 is 1.17 bits per heavy atom. The highest BCUT2D eigenvalue weighted by Crippen LogP contribution is 2.48. The molecular formula is C33H34O3. The van der Waals surface area contributed by atoms with Crippen molar-refractivity contribution >= 4 is 29.0 Å². The van der Waals surface area contributed by atoms with Gasteiger partial charge in [-0.25, -0.2) is 0 Å². The zero-order chi connectivity index (χ0) is 25.5. The first-order valence-corrected chi connectivity index (χ1v) is 13.1. The van der Waals surface area contributed by atoms with Gasteiger partial charge in [0.1, 0.15) is 6.29 Å². The zero-order valence-corrected chi connectivity index (χ0v) is 21.4. The smallest absolute Gasteiger partial charge is 0.165 e. The second-order valence-corrected chi connectivity index (χ2v) is 11.2. The minimum atomic E-state index is -0.470. The Kier molecular flexibility index (Phi) is 6.28. The molecule has 3 nitrogen and oxygen atoms in total. The minimum Gasteiger partial charge on any atom is -0.303 e. The SMILES string of the molecule is C=CCC1(C)CCC2=C(Cc3ccccc32)C1=O.CC1(CC=O)CCC2=C(Cc3ccccc32)C1=O. The van der Waals surface area contributed by atoms with Crippen LogP contribution in [0.3, 0.4) is 0 Å². The molecule has 2 atom stereocenters. The summed E-state index contributed by atoms with van der Waals surface area (Å²) >= 11 is 0. The standard InChI is InChI=1S/C17H18O.C16H16O2/c1-3-9-17(2)10-8-14-13-7-5-4-6-12(13)11-15(14)16(17)18;1-16(8-9-17)7-6-13-12-5-3-2-4-11(12)10-14(13)15(16)18/h3-7H,1,8-11H2,2H3;2-5,9H,6-8,10H2,1H3. The van der Waals surface area contributed by atoms with Crippen LogP contribution >= 0.6 is 0 Å². The van der Waals surface area contributed by atoms with Crippen LogP contribution in [-0.2, 0) is 27.2 Å². The van der Waals surface area contributed by atoms with Crippen molar-refractivity contribution in [3.63, 3.8) is 0 Å². The lowest BCUT2D eigenvalue weighted by Gasteiger charge is -2.32. The molecule has 0 saturated carbocycles. The number of hydrogen-bond donors (Lipinski definition) is 0. The quantitative estimate of drug-likeness (QED) is 0.355. The van der Waals surface area contributed by atoms with Crippen molar-refractivity contribution in [2.24, 2.45) is 10.8 Å². The van der Waals surface area contributed by atoms with E-state index < -0.39 is 5.41 Å². The van der Waals surface area contributed by atoms with Crippen LogP contribution in [0.2, 0.25) is 0 Å². The van der Waals surface area contributed by atoms with Crippen molar-refractivity contribution in [1.29, 1.82) is 0 Å². The summed E-state index contributed by atoms with van der Waals surface area (Å²) in [6.07, 6.45) is 9.17. The van der Waals surface area contributed by atoms with Crippen molar-refractivity contribution < 1.29 is 14.4 Å². The molecule has 0 N–H and O–H groups in total. The lowest BCUT2D eigenvalue weighted by molar-refractivity contribution is -0.127. The monoisotopic (exact) mass is 478 g/mol. The Morgan fingerprint density at radius 3 is 1.61 bits per heavy atom. The van der Waals surface area contributed by atoms with Gasteiger partial charge in [0.2, 0.25) is 0 Å². The highest BCUT2D eigenvalue weighted by molar-refractivity contribution is 6.11. The first-order valence-electron chi connectivity index (χ1n) is 13.1. The Morgan fingerprint density at radius 1 is 0.722 bits per heavy atom. The van der Waals surface area contributed by atoms with Crippen LogP contribution in [0, 0.1) is 10.8 Å². The predicted molar refractivity (Wildman–Crippen MR) is 144 cm³/mol. The van der Waals surface area contributed by atoms with Gasteiger partial charge in [0, 0.05) is 41.2 Å². The third kappa shape index (κ3) is 3.95. The van der Waals surface area contributed by atoms with Crippen molar-refractivity contribution in [1.82, 2.24) is 0 Å². The molecule has 3 heteroatoms. The van der Waals surface area contributed by atoms with Gasteiger partial charge >= 0.3 is 0 Å². The van der Waals surface area contributed by atoms with Gasteiger partial charge in [-0.3, -0.25) is 9.59 Å². The van der Waals surface area contributed by atoms with E-state index in [4.69, 9.17) is 0 Å². The first-order chi connectivity index (χ1) is 17.3. The van der Waals surface area contributed by atoms with Crippen LogP contribution in [-0.4, -0.2) is 17.9 Å². The fraction of sp³-hybridized carbons (Fsp3) is 0.364. The molecule has 0 fully saturated rings. The van der Waals surface area contributed by atoms with Crippen LogP contribution in [0.15, 0.2) is 72.3 Å². The van der Waals surface area contributed by atoms with Gasteiger partial charge in [0.25, 0.3) is 0 Å². The summed E-state index contributed by atoms with van der Waals surface area (Å²) < 4.78 is 0. The van der Waals surface area contributed by atoms with E-state index in [9.17, 15) is 14.4 Å². The van der Waals surface area contributed by atoms with Crippen LogP contribution in [0.4, 0.5) is 0 Å². The summed E-state index contributed by atoms with van der Waals surface area (Å²) in [6.45, 7) is 7.81. The molecule has 0 aromatic heterocycles. The lowest BCUT2D eigenvalue weighted by atomic mass is 9.70. The molecule has 0 heterocycles. The van der Waals surface area contributed by atoms with E-state index in [0.717, 1.165) is 62.4 Å². The fourth-order valence-electron chi connectivity index (χ4n) is 6.51. The van der Waals surface area contributed by atoms with Crippen LogP contribution < -0.4 is 0 Å². The van der Waals surface area contributed by atoms with E-state index in [0.29, 0.717) is 12.2 Å². The average Bonchev–Trinajstić information content (AvgIpc) is 3.44. The second kappa shape index (κ2) is 9.28. The van der Waals surface area contributed by atoms with E-state index in [1.165, 1.54) is 33.4 Å². The molecule has 184 valence electrons. The molecular weight excluding hydrogens is 444 g/mol. The van der Waals surface area contributed by atoms with E-state index in [1.54, 1.807) is 0 Å². The molecule has 0 amide bonds. The maximum atomic E-state index is 12.7. The topological polar surface area (TPSA) is 51.2 Å². The molecule has 4 aliphatic rings. The average molecular weight is 479 g/mol. The van der Waals surface area contributed by atoms with E-state index >= 15 is 0 Å². The number of Topliss-reactive ketones (excluding diaryl/α,β-unsaturated/α-hetero) is 2. The number of benzene rings is 2. The van der Waals surface area contributed by atoms with E-state index in [2.05, 4.69) is 49.9 Å². The number of fused-ring (bicyclic) bond motifs is 4. The van der Waals surface area contributed by atoms with Crippen LogP contribution in [0.25, 0.3) is 11.1 Å². The summed E-state index contributed by atoms with van der Waals surface area (Å²) in [7, 11) is 0. The molecule has 0 aliphatic heterocycles. The number of aldehydes is 1. The van der Waals surface area contributed by atoms with Gasteiger partial charge in [-0.2, -0.15) is 0 Å². The van der Waals surface area contributed by atoms with Gasteiger partial charge in [0.15, 0.2) is 11.6 Å². The highest BCUT2D eigenvalue weighted by Gasteiger charge is 2.42. The Balaban J connectivity index is 0.000000148. The summed E-state index contributed by atoms with van der Waals surface area (Å²) in [5.41, 5.74) is 8.97. The molecule has 4 aliphatic carbocycles. The lowest BCUT2D eigenvalue weighted by Crippen LogP contribution is -2.33. The maximum Gasteiger partial charge on any atom is 0.165 e. The van der Waals surface area contributed by atoms with Crippen molar-refractivity contribution in [2.75, 3.05) is 0 Å². The van der Waals surface area contributed by atoms with Crippen LogP contribution in [0.5, 0.6) is 0 Å². The third-order valence-electron chi connectivity index (χ3n) is 8.77. The second-order valence-electron chi connectivity index (χ2n) is 11.2. The molecule has 6 rings (SSSR count). The maximum absolute atomic E-state index is 12.7. The number of rotatable bonds is 4. The number of carbonyl (C=O) groups is 3. The Hall–Kier alpha value is -3.33. The normalized spacial score (nSPS) is 25.9. The van der Waals surface area contributed by atoms with Crippen LogP contribution in [0.1, 0.15) is 74.6 Å². The molecule has 0 bridgehead atoms. The summed E-state index contributed by atoms with van der Waals surface area (Å²) in [4.78, 5) is 36.0. The molecule has 0 radical (unpaired) electrons. The summed E-state index contributed by atoms with van der Waals surface area (Å²) in [5, 5.41) is 0. The van der Waals surface area contributed by atoms with Gasteiger partial charge < -0.3 is 4.79 Å². The van der Waals surface area contributed by atoms with Gasteiger partial charge in [-0.1, -0.05) is 68.5 Å². The number of allylic oxidation sites excluding steroid dienone is 5. The molecule has 36 heavy (non-hydrogen) atoms. The molecule has 2 unspecified atom stereocenters. The zero-order valence-electron chi connectivity index (χ0n) is 21.4. The highest BCUT2D eigenvalue weighted by atomic mass is 16.1. The molecule has 2 aromatic rings. The largest absolute Gasteiger partial charge is 0.303 e. The fourth-order valence-corrected chi connectivity index (χ4v) is 6.51. The summed E-state index contributed by atoms with van der Waals surface area (Å²) in [5.74, 6) is 0.534.